The van der Waals surface area contributed by atoms with Crippen LogP contribution in [0.3, 0.4) is 0 Å². The van der Waals surface area contributed by atoms with Crippen molar-refractivity contribution in [2.24, 2.45) is 0 Å². The highest BCUT2D eigenvalue weighted by molar-refractivity contribution is 6.31. The lowest BCUT2D eigenvalue weighted by Crippen LogP contribution is -2.41. The van der Waals surface area contributed by atoms with Gasteiger partial charge in [-0.3, -0.25) is 9.36 Å². The van der Waals surface area contributed by atoms with Gasteiger partial charge in [0.05, 0.1) is 16.9 Å². The number of hydrogen-bond donors (Lipinski definition) is 1. The van der Waals surface area contributed by atoms with Crippen molar-refractivity contribution in [1.29, 1.82) is 0 Å². The molecule has 6 nitrogen and oxygen atoms in total. The van der Waals surface area contributed by atoms with Crippen LogP contribution in [-0.4, -0.2) is 27.0 Å². The van der Waals surface area contributed by atoms with Gasteiger partial charge in [-0.2, -0.15) is 0 Å². The maximum absolute atomic E-state index is 13.3. The molecule has 2 aromatic carbocycles. The average molecular weight is 441 g/mol. The molecule has 0 bridgehead atoms. The summed E-state index contributed by atoms with van der Waals surface area (Å²) in [6.07, 6.45) is 1.41. The van der Waals surface area contributed by atoms with Crippen molar-refractivity contribution in [2.75, 3.05) is 11.9 Å². The molecule has 0 spiro atoms. The van der Waals surface area contributed by atoms with Crippen LogP contribution in [0, 0.1) is 6.92 Å². The number of nitrogens with zero attached hydrogens (tertiary/aromatic N) is 3. The molecule has 0 saturated heterocycles. The van der Waals surface area contributed by atoms with E-state index in [0.29, 0.717) is 41.3 Å². The molecule has 3 aromatic rings. The van der Waals surface area contributed by atoms with E-state index in [1.807, 2.05) is 52.0 Å². The Balaban J connectivity index is 2.07. The van der Waals surface area contributed by atoms with Crippen LogP contribution in [0.25, 0.3) is 10.9 Å². The third-order valence-corrected chi connectivity index (χ3v) is 5.55. The van der Waals surface area contributed by atoms with Crippen molar-refractivity contribution in [1.82, 2.24) is 14.5 Å². The summed E-state index contributed by atoms with van der Waals surface area (Å²) in [6, 6.07) is 12.2. The molecule has 0 radical (unpaired) electrons. The van der Waals surface area contributed by atoms with Crippen molar-refractivity contribution in [3.63, 3.8) is 0 Å². The molecule has 1 unspecified atom stereocenters. The molecule has 2 amide bonds. The maximum atomic E-state index is 13.3. The first-order valence-electron chi connectivity index (χ1n) is 10.7. The second kappa shape index (κ2) is 9.96. The summed E-state index contributed by atoms with van der Waals surface area (Å²) in [7, 11) is 0. The van der Waals surface area contributed by atoms with Gasteiger partial charge in [-0.25, -0.2) is 9.78 Å². The lowest BCUT2D eigenvalue weighted by atomic mass is 10.1. The third-order valence-electron chi connectivity index (χ3n) is 5.32. The minimum absolute atomic E-state index is 0.117. The highest BCUT2D eigenvalue weighted by Gasteiger charge is 2.28. The standard InChI is InChI=1S/C24H29ClN4O2/c1-5-13-29(24(31)26-18-10-8-9-16(4)14-18)21(6-2)22-27-20-15-17(25)11-12-19(20)23(30)28(22)7-3/h8-12,14-15,21H,5-7,13H2,1-4H3,(H,26,31). The van der Waals surface area contributed by atoms with E-state index in [-0.39, 0.29) is 17.6 Å². The number of anilines is 1. The van der Waals surface area contributed by atoms with Crippen molar-refractivity contribution >= 4 is 34.2 Å². The Bertz CT molecular complexity index is 1140. The van der Waals surface area contributed by atoms with E-state index in [2.05, 4.69) is 5.32 Å². The summed E-state index contributed by atoms with van der Waals surface area (Å²) < 4.78 is 1.66. The van der Waals surface area contributed by atoms with Crippen LogP contribution in [0.1, 0.15) is 51.0 Å². The highest BCUT2D eigenvalue weighted by Crippen LogP contribution is 2.26. The fraction of sp³-hybridized carbons (Fsp3) is 0.375. The van der Waals surface area contributed by atoms with Gasteiger partial charge in [0.25, 0.3) is 5.56 Å². The van der Waals surface area contributed by atoms with E-state index in [1.165, 1.54) is 0 Å². The van der Waals surface area contributed by atoms with Crippen LogP contribution >= 0.6 is 11.6 Å². The Kier molecular flexibility index (Phi) is 7.33. The Labute approximate surface area is 187 Å². The zero-order valence-corrected chi connectivity index (χ0v) is 19.2. The van der Waals surface area contributed by atoms with Gasteiger partial charge in [-0.15, -0.1) is 0 Å². The Morgan fingerprint density at radius 3 is 2.61 bits per heavy atom. The number of benzene rings is 2. The molecule has 1 heterocycles. The molecular weight excluding hydrogens is 412 g/mol. The summed E-state index contributed by atoms with van der Waals surface area (Å²) in [5, 5.41) is 4.05. The van der Waals surface area contributed by atoms with Crippen molar-refractivity contribution in [3.05, 3.63) is 69.2 Å². The Morgan fingerprint density at radius 1 is 1.19 bits per heavy atom. The van der Waals surface area contributed by atoms with Crippen molar-refractivity contribution in [2.45, 2.75) is 53.1 Å². The van der Waals surface area contributed by atoms with Gasteiger partial charge in [0.1, 0.15) is 5.82 Å². The quantitative estimate of drug-likeness (QED) is 0.506. The monoisotopic (exact) mass is 440 g/mol. The third kappa shape index (κ3) is 4.90. The van der Waals surface area contributed by atoms with Gasteiger partial charge in [0.15, 0.2) is 0 Å². The van der Waals surface area contributed by atoms with Gasteiger partial charge in [-0.1, -0.05) is 37.6 Å². The fourth-order valence-corrected chi connectivity index (χ4v) is 4.04. The number of carbonyl (C=O) groups excluding carboxylic acids is 1. The molecule has 1 atom stereocenters. The van der Waals surface area contributed by atoms with Crippen LogP contribution in [0.4, 0.5) is 10.5 Å². The Hall–Kier alpha value is -2.86. The number of hydrogen-bond acceptors (Lipinski definition) is 3. The van der Waals surface area contributed by atoms with Gasteiger partial charge >= 0.3 is 6.03 Å². The van der Waals surface area contributed by atoms with Gasteiger partial charge in [-0.05, 0) is 62.6 Å². The molecule has 3 rings (SSSR count). The summed E-state index contributed by atoms with van der Waals surface area (Å²) in [6.45, 7) is 8.94. The van der Waals surface area contributed by atoms with E-state index in [0.717, 1.165) is 17.7 Å². The SMILES string of the molecule is CCCN(C(=O)Nc1cccc(C)c1)C(CC)c1nc2cc(Cl)ccc2c(=O)n1CC. The molecule has 164 valence electrons. The fourth-order valence-electron chi connectivity index (χ4n) is 3.87. The van der Waals surface area contributed by atoms with Crippen LogP contribution in [0.2, 0.25) is 5.02 Å². The molecule has 0 aliphatic rings. The first-order chi connectivity index (χ1) is 14.9. The van der Waals surface area contributed by atoms with Gasteiger partial charge < -0.3 is 10.2 Å². The normalized spacial score (nSPS) is 12.0. The summed E-state index contributed by atoms with van der Waals surface area (Å²) in [5.41, 5.74) is 2.24. The second-order valence-corrected chi connectivity index (χ2v) is 8.03. The number of aryl methyl sites for hydroxylation is 1. The molecular formula is C24H29ClN4O2. The molecule has 7 heteroatoms. The molecule has 0 aliphatic carbocycles. The number of amides is 2. The summed E-state index contributed by atoms with van der Waals surface area (Å²) in [5.74, 6) is 0.581. The number of fused-ring (bicyclic) bond motifs is 1. The maximum Gasteiger partial charge on any atom is 0.322 e. The smallest absolute Gasteiger partial charge is 0.314 e. The first-order valence-corrected chi connectivity index (χ1v) is 11.1. The molecule has 1 N–H and O–H groups in total. The van der Waals surface area contributed by atoms with Crippen LogP contribution in [-0.2, 0) is 6.54 Å². The predicted octanol–water partition coefficient (Wildman–Crippen LogP) is 5.77. The van der Waals surface area contributed by atoms with Crippen LogP contribution < -0.4 is 10.9 Å². The van der Waals surface area contributed by atoms with E-state index >= 15 is 0 Å². The average Bonchev–Trinajstić information content (AvgIpc) is 2.73. The number of carbonyl (C=O) groups is 1. The van der Waals surface area contributed by atoms with Gasteiger partial charge in [0.2, 0.25) is 0 Å². The summed E-state index contributed by atoms with van der Waals surface area (Å²) in [4.78, 5) is 33.0. The van der Waals surface area contributed by atoms with Crippen LogP contribution in [0.5, 0.6) is 0 Å². The molecule has 0 saturated carbocycles. The molecule has 1 aromatic heterocycles. The minimum Gasteiger partial charge on any atom is -0.314 e. The number of rotatable bonds is 7. The van der Waals surface area contributed by atoms with Crippen molar-refractivity contribution in [3.8, 4) is 0 Å². The number of halogens is 1. The molecule has 0 aliphatic heterocycles. The van der Waals surface area contributed by atoms with E-state index in [1.54, 1.807) is 27.7 Å². The van der Waals surface area contributed by atoms with Crippen LogP contribution in [0.15, 0.2) is 47.3 Å². The lowest BCUT2D eigenvalue weighted by molar-refractivity contribution is 0.180. The predicted molar refractivity (Wildman–Crippen MR) is 127 cm³/mol. The zero-order chi connectivity index (χ0) is 22.5. The Morgan fingerprint density at radius 2 is 1.97 bits per heavy atom. The summed E-state index contributed by atoms with van der Waals surface area (Å²) >= 11 is 6.15. The first kappa shape index (κ1) is 22.8. The van der Waals surface area contributed by atoms with Gasteiger partial charge in [0, 0.05) is 23.8 Å². The second-order valence-electron chi connectivity index (χ2n) is 7.60. The van der Waals surface area contributed by atoms with Crippen molar-refractivity contribution < 1.29 is 4.79 Å². The number of nitrogens with one attached hydrogen (secondary N) is 1. The van der Waals surface area contributed by atoms with E-state index in [4.69, 9.17) is 16.6 Å². The topological polar surface area (TPSA) is 67.2 Å². The minimum atomic E-state index is -0.346. The molecule has 31 heavy (non-hydrogen) atoms. The van der Waals surface area contributed by atoms with E-state index < -0.39 is 0 Å². The number of urea groups is 1. The zero-order valence-electron chi connectivity index (χ0n) is 18.5. The largest absolute Gasteiger partial charge is 0.322 e. The lowest BCUT2D eigenvalue weighted by Gasteiger charge is -2.32. The molecule has 0 fully saturated rings. The highest BCUT2D eigenvalue weighted by atomic mass is 35.5. The number of aromatic nitrogens is 2. The van der Waals surface area contributed by atoms with E-state index in [9.17, 15) is 9.59 Å².